The lowest BCUT2D eigenvalue weighted by molar-refractivity contribution is -0.122. The largest absolute Gasteiger partial charge is 0.325 e. The molecule has 3 rings (SSSR count). The molecule has 2 aromatic rings. The van der Waals surface area contributed by atoms with Crippen molar-refractivity contribution in [3.05, 3.63) is 64.2 Å². The number of hydrogen-bond acceptors (Lipinski definition) is 1. The fraction of sp³-hybridized carbons (Fsp3) is 0.381. The maximum absolute atomic E-state index is 13.3. The molecule has 2 nitrogen and oxygen atoms in total. The van der Waals surface area contributed by atoms with Crippen LogP contribution in [0.4, 0.5) is 5.69 Å². The average Bonchev–Trinajstić information content (AvgIpc) is 2.58. The van der Waals surface area contributed by atoms with E-state index in [1.807, 2.05) is 43.3 Å². The van der Waals surface area contributed by atoms with Crippen molar-refractivity contribution in [2.24, 2.45) is 0 Å². The van der Waals surface area contributed by atoms with Crippen molar-refractivity contribution < 1.29 is 4.79 Å². The highest BCUT2D eigenvalue weighted by atomic mass is 35.5. The van der Waals surface area contributed by atoms with E-state index >= 15 is 0 Å². The van der Waals surface area contributed by atoms with Crippen LogP contribution in [0, 0.1) is 13.8 Å². The van der Waals surface area contributed by atoms with Gasteiger partial charge in [0.05, 0.1) is 5.41 Å². The van der Waals surface area contributed by atoms with E-state index in [-0.39, 0.29) is 5.91 Å². The normalized spacial score (nSPS) is 16.6. The molecule has 0 spiro atoms. The molecule has 0 bridgehead atoms. The van der Waals surface area contributed by atoms with Gasteiger partial charge in [0.1, 0.15) is 0 Å². The van der Waals surface area contributed by atoms with E-state index in [0.717, 1.165) is 42.5 Å². The minimum absolute atomic E-state index is 0.0939. The van der Waals surface area contributed by atoms with Crippen molar-refractivity contribution in [3.63, 3.8) is 0 Å². The molecule has 2 aromatic carbocycles. The van der Waals surface area contributed by atoms with Gasteiger partial charge in [0.2, 0.25) is 5.91 Å². The van der Waals surface area contributed by atoms with E-state index in [1.165, 1.54) is 12.0 Å². The van der Waals surface area contributed by atoms with E-state index in [4.69, 9.17) is 11.6 Å². The second-order valence-corrected chi connectivity index (χ2v) is 7.36. The number of aryl methyl sites for hydroxylation is 2. The van der Waals surface area contributed by atoms with Gasteiger partial charge in [-0.2, -0.15) is 0 Å². The van der Waals surface area contributed by atoms with Crippen LogP contribution in [0.2, 0.25) is 5.02 Å². The van der Waals surface area contributed by atoms with Crippen LogP contribution in [0.3, 0.4) is 0 Å². The maximum Gasteiger partial charge on any atom is 0.235 e. The zero-order chi connectivity index (χ0) is 17.2. The van der Waals surface area contributed by atoms with Crippen LogP contribution in [0.5, 0.6) is 0 Å². The Morgan fingerprint density at radius 3 is 2.46 bits per heavy atom. The highest BCUT2D eigenvalue weighted by Crippen LogP contribution is 2.41. The number of halogens is 1. The highest BCUT2D eigenvalue weighted by molar-refractivity contribution is 6.30. The van der Waals surface area contributed by atoms with Gasteiger partial charge in [-0.05, 0) is 56.0 Å². The molecule has 1 fully saturated rings. The Hall–Kier alpha value is -1.80. The van der Waals surface area contributed by atoms with E-state index in [0.29, 0.717) is 5.02 Å². The molecule has 0 saturated heterocycles. The molecule has 1 N–H and O–H groups in total. The first-order valence-electron chi connectivity index (χ1n) is 8.66. The van der Waals surface area contributed by atoms with Gasteiger partial charge >= 0.3 is 0 Å². The summed E-state index contributed by atoms with van der Waals surface area (Å²) in [4.78, 5) is 13.3. The van der Waals surface area contributed by atoms with Crippen molar-refractivity contribution in [2.45, 2.75) is 51.4 Å². The predicted molar refractivity (Wildman–Crippen MR) is 101 cm³/mol. The van der Waals surface area contributed by atoms with Gasteiger partial charge in [0, 0.05) is 10.7 Å². The molecule has 1 amide bonds. The fourth-order valence-electron chi connectivity index (χ4n) is 3.78. The summed E-state index contributed by atoms with van der Waals surface area (Å²) in [5, 5.41) is 3.88. The Morgan fingerprint density at radius 2 is 1.79 bits per heavy atom. The SMILES string of the molecule is Cc1ccc(NC(=O)C2(c3cccc(Cl)c3)CCCCC2)c(C)c1. The number of anilines is 1. The molecule has 126 valence electrons. The molecule has 0 heterocycles. The molecule has 1 saturated carbocycles. The van der Waals surface area contributed by atoms with Crippen molar-refractivity contribution in [3.8, 4) is 0 Å². The van der Waals surface area contributed by atoms with Crippen LogP contribution in [-0.2, 0) is 10.2 Å². The Morgan fingerprint density at radius 1 is 1.04 bits per heavy atom. The predicted octanol–water partition coefficient (Wildman–Crippen LogP) is 5.80. The molecule has 0 aliphatic heterocycles. The third kappa shape index (κ3) is 3.34. The summed E-state index contributed by atoms with van der Waals surface area (Å²) < 4.78 is 0. The smallest absolute Gasteiger partial charge is 0.235 e. The lowest BCUT2D eigenvalue weighted by Gasteiger charge is -2.36. The first kappa shape index (κ1) is 17.0. The van der Waals surface area contributed by atoms with Crippen LogP contribution >= 0.6 is 11.6 Å². The molecule has 0 aromatic heterocycles. The van der Waals surface area contributed by atoms with Crippen molar-refractivity contribution in [2.75, 3.05) is 5.32 Å². The van der Waals surface area contributed by atoms with Crippen LogP contribution in [0.15, 0.2) is 42.5 Å². The van der Waals surface area contributed by atoms with Crippen LogP contribution < -0.4 is 5.32 Å². The summed E-state index contributed by atoms with van der Waals surface area (Å²) in [6, 6.07) is 13.9. The van der Waals surface area contributed by atoms with Crippen molar-refractivity contribution in [1.29, 1.82) is 0 Å². The molecule has 0 atom stereocenters. The van der Waals surface area contributed by atoms with E-state index in [2.05, 4.69) is 18.3 Å². The topological polar surface area (TPSA) is 29.1 Å². The number of carbonyl (C=O) groups is 1. The monoisotopic (exact) mass is 341 g/mol. The van der Waals surface area contributed by atoms with Gasteiger partial charge in [-0.1, -0.05) is 60.7 Å². The zero-order valence-electron chi connectivity index (χ0n) is 14.4. The first-order chi connectivity index (χ1) is 11.5. The van der Waals surface area contributed by atoms with Crippen LogP contribution in [-0.4, -0.2) is 5.91 Å². The Kier molecular flexibility index (Phi) is 4.96. The maximum atomic E-state index is 13.3. The third-order valence-electron chi connectivity index (χ3n) is 5.15. The van der Waals surface area contributed by atoms with Gasteiger partial charge in [0.15, 0.2) is 0 Å². The third-order valence-corrected chi connectivity index (χ3v) is 5.38. The van der Waals surface area contributed by atoms with E-state index in [9.17, 15) is 4.79 Å². The van der Waals surface area contributed by atoms with Crippen LogP contribution in [0.1, 0.15) is 48.8 Å². The quantitative estimate of drug-likeness (QED) is 0.751. The van der Waals surface area contributed by atoms with Gasteiger partial charge in [-0.3, -0.25) is 4.79 Å². The number of amides is 1. The summed E-state index contributed by atoms with van der Waals surface area (Å²) in [7, 11) is 0. The van der Waals surface area contributed by atoms with Crippen LogP contribution in [0.25, 0.3) is 0 Å². The summed E-state index contributed by atoms with van der Waals surface area (Å²) in [5.41, 5.74) is 3.77. The molecule has 3 heteroatoms. The number of nitrogens with one attached hydrogen (secondary N) is 1. The van der Waals surface area contributed by atoms with Gasteiger partial charge < -0.3 is 5.32 Å². The van der Waals surface area contributed by atoms with Gasteiger partial charge in [-0.15, -0.1) is 0 Å². The lowest BCUT2D eigenvalue weighted by Crippen LogP contribution is -2.42. The molecule has 1 aliphatic carbocycles. The zero-order valence-corrected chi connectivity index (χ0v) is 15.1. The summed E-state index contributed by atoms with van der Waals surface area (Å²) in [6.07, 6.45) is 5.10. The minimum Gasteiger partial charge on any atom is -0.325 e. The molecule has 1 aliphatic rings. The summed E-state index contributed by atoms with van der Waals surface area (Å²) in [6.45, 7) is 4.10. The molecule has 24 heavy (non-hydrogen) atoms. The first-order valence-corrected chi connectivity index (χ1v) is 9.04. The average molecular weight is 342 g/mol. The number of rotatable bonds is 3. The summed E-state index contributed by atoms with van der Waals surface area (Å²) in [5.74, 6) is 0.0939. The standard InChI is InChI=1S/C21H24ClNO/c1-15-9-10-19(16(2)13-15)23-20(24)21(11-4-3-5-12-21)17-7-6-8-18(22)14-17/h6-10,13-14H,3-5,11-12H2,1-2H3,(H,23,24). The Labute approximate surface area is 149 Å². The fourth-order valence-corrected chi connectivity index (χ4v) is 3.97. The Balaban J connectivity index is 1.95. The number of hydrogen-bond donors (Lipinski definition) is 1. The van der Waals surface area contributed by atoms with Gasteiger partial charge in [0.25, 0.3) is 0 Å². The molecule has 0 radical (unpaired) electrons. The molecular formula is C21H24ClNO. The van der Waals surface area contributed by atoms with Gasteiger partial charge in [-0.25, -0.2) is 0 Å². The highest BCUT2D eigenvalue weighted by Gasteiger charge is 2.41. The van der Waals surface area contributed by atoms with Crippen molar-refractivity contribution in [1.82, 2.24) is 0 Å². The second kappa shape index (κ2) is 6.98. The van der Waals surface area contributed by atoms with Crippen molar-refractivity contribution >= 4 is 23.2 Å². The lowest BCUT2D eigenvalue weighted by atomic mass is 9.68. The Bertz CT molecular complexity index is 747. The number of carbonyl (C=O) groups excluding carboxylic acids is 1. The van der Waals surface area contributed by atoms with E-state index < -0.39 is 5.41 Å². The minimum atomic E-state index is -0.472. The molecular weight excluding hydrogens is 318 g/mol. The molecule has 0 unspecified atom stereocenters. The number of benzene rings is 2. The summed E-state index contributed by atoms with van der Waals surface area (Å²) >= 11 is 6.20. The second-order valence-electron chi connectivity index (χ2n) is 6.93. The van der Waals surface area contributed by atoms with E-state index in [1.54, 1.807) is 0 Å².